The van der Waals surface area contributed by atoms with E-state index in [4.69, 9.17) is 6.57 Å². The van der Waals surface area contributed by atoms with Crippen LogP contribution in [0.3, 0.4) is 0 Å². The molecule has 1 aromatic heterocycles. The van der Waals surface area contributed by atoms with Gasteiger partial charge in [-0.3, -0.25) is 14.5 Å². The maximum Gasteiger partial charge on any atom is 0.263 e. The molecule has 5 nitrogen and oxygen atoms in total. The van der Waals surface area contributed by atoms with Crippen LogP contribution in [0.15, 0.2) is 60.7 Å². The second kappa shape index (κ2) is 5.29. The van der Waals surface area contributed by atoms with Gasteiger partial charge < -0.3 is 4.57 Å². The van der Waals surface area contributed by atoms with Crippen LogP contribution in [0.4, 0.5) is 5.69 Å². The lowest BCUT2D eigenvalue weighted by atomic mass is 10.1. The molecule has 3 aromatic carbocycles. The van der Waals surface area contributed by atoms with Crippen molar-refractivity contribution >= 4 is 39.3 Å². The van der Waals surface area contributed by atoms with Crippen molar-refractivity contribution in [2.75, 3.05) is 7.05 Å². The number of carbonyl (C=O) groups excluding carboxylic acids is 2. The fourth-order valence-corrected chi connectivity index (χ4v) is 3.86. The van der Waals surface area contributed by atoms with Gasteiger partial charge in [-0.2, -0.15) is 0 Å². The van der Waals surface area contributed by atoms with Crippen molar-refractivity contribution in [2.24, 2.45) is 0 Å². The number of para-hydroxylation sites is 1. The molecule has 2 amide bonds. The summed E-state index contributed by atoms with van der Waals surface area (Å²) in [6.07, 6.45) is 0. The molecule has 4 aromatic rings. The number of hydrogen-bond acceptors (Lipinski definition) is 2. The number of benzene rings is 3. The number of nitrogens with zero attached hydrogens (tertiary/aromatic N) is 3. The Morgan fingerprint density at radius 3 is 2.44 bits per heavy atom. The Bertz CT molecular complexity index is 1340. The standard InChI is InChI=1S/C22H13N3O2/c1-23-13-10-11-15-14-6-3-4-8-17(14)25(19(15)12-13)18-9-5-7-16-20(18)22(27)24(2)21(16)26/h3-12H,2H3. The zero-order valence-corrected chi connectivity index (χ0v) is 14.4. The van der Waals surface area contributed by atoms with Crippen molar-refractivity contribution < 1.29 is 9.59 Å². The van der Waals surface area contributed by atoms with Crippen LogP contribution in [-0.2, 0) is 0 Å². The first-order valence-corrected chi connectivity index (χ1v) is 8.48. The summed E-state index contributed by atoms with van der Waals surface area (Å²) in [6.45, 7) is 7.35. The highest BCUT2D eigenvalue weighted by molar-refractivity contribution is 6.23. The molecule has 0 unspecified atom stereocenters. The fourth-order valence-electron chi connectivity index (χ4n) is 3.86. The Hall–Kier alpha value is -3.91. The lowest BCUT2D eigenvalue weighted by molar-refractivity contribution is 0.0693. The van der Waals surface area contributed by atoms with Gasteiger partial charge in [-0.25, -0.2) is 4.85 Å². The maximum absolute atomic E-state index is 12.8. The molecule has 0 saturated heterocycles. The second-order valence-corrected chi connectivity index (χ2v) is 6.53. The SMILES string of the molecule is [C-]#[N+]c1ccc2c3ccccc3n(-c3cccc4c3C(=O)N(C)C4=O)c2c1. The zero-order chi connectivity index (χ0) is 18.7. The molecule has 0 atom stereocenters. The lowest BCUT2D eigenvalue weighted by Crippen LogP contribution is -2.24. The summed E-state index contributed by atoms with van der Waals surface area (Å²) >= 11 is 0. The molecule has 1 aliphatic rings. The van der Waals surface area contributed by atoms with Gasteiger partial charge in [0.05, 0.1) is 28.9 Å². The fraction of sp³-hybridized carbons (Fsp3) is 0.0455. The van der Waals surface area contributed by atoms with E-state index < -0.39 is 0 Å². The summed E-state index contributed by atoms with van der Waals surface area (Å²) in [5.41, 5.74) is 3.76. The molecular weight excluding hydrogens is 338 g/mol. The van der Waals surface area contributed by atoms with E-state index in [1.165, 1.54) is 7.05 Å². The Labute approximate surface area is 154 Å². The van der Waals surface area contributed by atoms with Crippen LogP contribution < -0.4 is 0 Å². The number of carbonyl (C=O) groups is 2. The molecular formula is C22H13N3O2. The molecule has 5 heteroatoms. The van der Waals surface area contributed by atoms with Crippen LogP contribution in [0.2, 0.25) is 0 Å². The van der Waals surface area contributed by atoms with E-state index >= 15 is 0 Å². The highest BCUT2D eigenvalue weighted by atomic mass is 16.2. The molecule has 27 heavy (non-hydrogen) atoms. The third-order valence-corrected chi connectivity index (χ3v) is 5.12. The third kappa shape index (κ3) is 1.92. The van der Waals surface area contributed by atoms with Crippen molar-refractivity contribution in [3.8, 4) is 5.69 Å². The zero-order valence-electron chi connectivity index (χ0n) is 14.4. The summed E-state index contributed by atoms with van der Waals surface area (Å²) in [5, 5.41) is 2.03. The molecule has 2 heterocycles. The van der Waals surface area contributed by atoms with Gasteiger partial charge in [0.1, 0.15) is 0 Å². The van der Waals surface area contributed by atoms with E-state index in [-0.39, 0.29) is 11.8 Å². The number of fused-ring (bicyclic) bond motifs is 4. The second-order valence-electron chi connectivity index (χ2n) is 6.53. The minimum absolute atomic E-state index is 0.292. The van der Waals surface area contributed by atoms with Crippen molar-refractivity contribution in [2.45, 2.75) is 0 Å². The molecule has 0 bridgehead atoms. The van der Waals surface area contributed by atoms with E-state index in [9.17, 15) is 9.59 Å². The summed E-state index contributed by atoms with van der Waals surface area (Å²) in [7, 11) is 1.50. The molecule has 1 aliphatic heterocycles. The van der Waals surface area contributed by atoms with Gasteiger partial charge in [-0.05, 0) is 24.3 Å². The topological polar surface area (TPSA) is 46.7 Å². The van der Waals surface area contributed by atoms with Crippen molar-refractivity contribution in [3.05, 3.63) is 83.2 Å². The van der Waals surface area contributed by atoms with Crippen LogP contribution in [0.5, 0.6) is 0 Å². The summed E-state index contributed by atoms with van der Waals surface area (Å²) in [4.78, 5) is 29.9. The van der Waals surface area contributed by atoms with Gasteiger partial charge >= 0.3 is 0 Å². The van der Waals surface area contributed by atoms with Crippen molar-refractivity contribution in [3.63, 3.8) is 0 Å². The minimum Gasteiger partial charge on any atom is -0.310 e. The van der Waals surface area contributed by atoms with Gasteiger partial charge in [0.2, 0.25) is 0 Å². The number of imide groups is 1. The number of aromatic nitrogens is 1. The smallest absolute Gasteiger partial charge is 0.263 e. The molecule has 128 valence electrons. The average Bonchev–Trinajstić information content (AvgIpc) is 3.15. The number of rotatable bonds is 1. The minimum atomic E-state index is -0.308. The molecule has 0 aliphatic carbocycles. The number of hydrogen-bond donors (Lipinski definition) is 0. The normalized spacial score (nSPS) is 13.4. The Balaban J connectivity index is 1.97. The predicted molar refractivity (Wildman–Crippen MR) is 103 cm³/mol. The van der Waals surface area contributed by atoms with Gasteiger partial charge in [0.25, 0.3) is 11.8 Å². The third-order valence-electron chi connectivity index (χ3n) is 5.12. The van der Waals surface area contributed by atoms with Crippen LogP contribution in [0, 0.1) is 6.57 Å². The van der Waals surface area contributed by atoms with Crippen LogP contribution in [-0.4, -0.2) is 28.3 Å². The summed E-state index contributed by atoms with van der Waals surface area (Å²) in [5.74, 6) is -0.600. The van der Waals surface area contributed by atoms with Crippen LogP contribution >= 0.6 is 0 Å². The predicted octanol–water partition coefficient (Wildman–Crippen LogP) is 4.56. The molecule has 0 fully saturated rings. The first-order valence-electron chi connectivity index (χ1n) is 8.48. The molecule has 5 rings (SSSR count). The molecule has 0 radical (unpaired) electrons. The van der Waals surface area contributed by atoms with E-state index in [1.54, 1.807) is 18.2 Å². The molecule has 0 spiro atoms. The maximum atomic E-state index is 12.8. The van der Waals surface area contributed by atoms with Crippen LogP contribution in [0.1, 0.15) is 20.7 Å². The Morgan fingerprint density at radius 1 is 0.852 bits per heavy atom. The molecule has 0 N–H and O–H groups in total. The van der Waals surface area contributed by atoms with E-state index in [2.05, 4.69) is 4.85 Å². The van der Waals surface area contributed by atoms with E-state index in [0.29, 0.717) is 22.5 Å². The highest BCUT2D eigenvalue weighted by Gasteiger charge is 2.35. The Morgan fingerprint density at radius 2 is 1.63 bits per heavy atom. The van der Waals surface area contributed by atoms with Gasteiger partial charge in [-0.1, -0.05) is 36.4 Å². The first-order chi connectivity index (χ1) is 13.1. The molecule has 0 saturated carbocycles. The number of amides is 2. The first kappa shape index (κ1) is 15.4. The quantitative estimate of drug-likeness (QED) is 0.373. The van der Waals surface area contributed by atoms with Crippen molar-refractivity contribution in [1.82, 2.24) is 9.47 Å². The van der Waals surface area contributed by atoms with Gasteiger partial charge in [0.15, 0.2) is 5.69 Å². The van der Waals surface area contributed by atoms with E-state index in [0.717, 1.165) is 26.7 Å². The van der Waals surface area contributed by atoms with E-state index in [1.807, 2.05) is 47.0 Å². The van der Waals surface area contributed by atoms with Gasteiger partial charge in [-0.15, -0.1) is 0 Å². The van der Waals surface area contributed by atoms with Crippen LogP contribution in [0.25, 0.3) is 32.3 Å². The van der Waals surface area contributed by atoms with Gasteiger partial charge in [0, 0.05) is 23.3 Å². The Kier molecular flexibility index (Phi) is 3.01. The summed E-state index contributed by atoms with van der Waals surface area (Å²) in [6, 6.07) is 18.8. The largest absolute Gasteiger partial charge is 0.310 e. The van der Waals surface area contributed by atoms with Crippen molar-refractivity contribution in [1.29, 1.82) is 0 Å². The summed E-state index contributed by atoms with van der Waals surface area (Å²) < 4.78 is 1.97. The monoisotopic (exact) mass is 351 g/mol. The average molecular weight is 351 g/mol. The lowest BCUT2D eigenvalue weighted by Gasteiger charge is -2.11. The highest BCUT2D eigenvalue weighted by Crippen LogP contribution is 2.37.